The Labute approximate surface area is 233 Å². The molecule has 0 amide bonds. The van der Waals surface area contributed by atoms with Crippen LogP contribution >= 0.6 is 0 Å². The van der Waals surface area contributed by atoms with Gasteiger partial charge in [-0.15, -0.1) is 0 Å². The predicted octanol–water partition coefficient (Wildman–Crippen LogP) is -0.212. The van der Waals surface area contributed by atoms with E-state index in [1.54, 1.807) is 0 Å². The molecule has 0 saturated carbocycles. The average molecular weight is 490 g/mol. The summed E-state index contributed by atoms with van der Waals surface area (Å²) in [7, 11) is -14.1. The van der Waals surface area contributed by atoms with Crippen LogP contribution in [-0.2, 0) is 30.4 Å². The molecule has 0 atom stereocenters. The fourth-order valence-electron chi connectivity index (χ4n) is 2.55. The fourth-order valence-corrected chi connectivity index (χ4v) is 4.41. The summed E-state index contributed by atoms with van der Waals surface area (Å²) >= 11 is 0. The molecule has 9 nitrogen and oxygen atoms in total. The number of fused-ring (bicyclic) bond motifs is 2. The molecule has 15 heteroatoms. The molecular weight excluding hydrogens is 477 g/mol. The molecule has 3 N–H and O–H groups in total. The first kappa shape index (κ1) is 29.9. The molecule has 0 aliphatic rings. The van der Waals surface area contributed by atoms with E-state index in [1.165, 1.54) is 18.2 Å². The van der Waals surface area contributed by atoms with Crippen molar-refractivity contribution >= 4 is 141 Å². The normalized spacial score (nSPS) is 12.0. The van der Waals surface area contributed by atoms with Crippen molar-refractivity contribution in [3.63, 3.8) is 0 Å². The molecule has 3 aromatic rings. The van der Waals surface area contributed by atoms with Gasteiger partial charge in [-0.25, -0.2) is 0 Å². The first-order valence-electron chi connectivity index (χ1n) is 6.71. The molecule has 0 bridgehead atoms. The molecule has 0 aliphatic heterocycles. The van der Waals surface area contributed by atoms with E-state index in [1.807, 2.05) is 0 Å². The Morgan fingerprint density at radius 1 is 0.517 bits per heavy atom. The molecular formula is C14H13Na3O9S3. The third-order valence-corrected chi connectivity index (χ3v) is 6.26. The van der Waals surface area contributed by atoms with Gasteiger partial charge in [-0.05, 0) is 52.6 Å². The van der Waals surface area contributed by atoms with Crippen molar-refractivity contribution < 1.29 is 38.9 Å². The minimum absolute atomic E-state index is 0. The van der Waals surface area contributed by atoms with Crippen LogP contribution in [0.25, 0.3) is 21.5 Å². The molecule has 0 unspecified atom stereocenters. The summed E-state index contributed by atoms with van der Waals surface area (Å²) in [6.45, 7) is 0. The SMILES string of the molecule is O=S(=O)(O)c1ccc2cc3c(S(=O)(=O)O)cc(S(=O)(=O)O)cc3cc2c1.[NaH].[NaH].[NaH]. The quantitative estimate of drug-likeness (QED) is 0.256. The summed E-state index contributed by atoms with van der Waals surface area (Å²) in [5.41, 5.74) is 0. The first-order valence-corrected chi connectivity index (χ1v) is 11.0. The Balaban J connectivity index is 0.00000261. The van der Waals surface area contributed by atoms with Gasteiger partial charge < -0.3 is 0 Å². The standard InChI is InChI=1S/C14H10O9S3.3Na.3H/c15-24(16,17)11-2-1-8-6-13-10(3-9(8)4-11)5-12(25(18,19)20)7-14(13)26(21,22)23;;;;;;/h1-7H,(H,15,16,17)(H,18,19,20)(H,21,22,23);;;;;;. The van der Waals surface area contributed by atoms with E-state index in [2.05, 4.69) is 0 Å². The van der Waals surface area contributed by atoms with Crippen LogP contribution in [0, 0.1) is 0 Å². The molecule has 3 rings (SSSR count). The average Bonchev–Trinajstić information content (AvgIpc) is 2.48. The summed E-state index contributed by atoms with van der Waals surface area (Å²) in [6.07, 6.45) is 0. The van der Waals surface area contributed by atoms with E-state index in [0.717, 1.165) is 18.2 Å². The van der Waals surface area contributed by atoms with Crippen molar-refractivity contribution in [3.05, 3.63) is 42.5 Å². The Morgan fingerprint density at radius 2 is 1.03 bits per heavy atom. The molecule has 0 saturated heterocycles. The number of rotatable bonds is 3. The third-order valence-electron chi connectivity index (χ3n) is 3.69. The predicted molar refractivity (Wildman–Crippen MR) is 112 cm³/mol. The van der Waals surface area contributed by atoms with Gasteiger partial charge in [-0.3, -0.25) is 13.7 Å². The second kappa shape index (κ2) is 10.2. The second-order valence-electron chi connectivity index (χ2n) is 5.43. The van der Waals surface area contributed by atoms with E-state index >= 15 is 0 Å². The molecule has 144 valence electrons. The Bertz CT molecular complexity index is 1400. The van der Waals surface area contributed by atoms with Crippen molar-refractivity contribution in [1.29, 1.82) is 0 Å². The second-order valence-corrected chi connectivity index (χ2v) is 9.66. The van der Waals surface area contributed by atoms with Gasteiger partial charge in [-0.1, -0.05) is 6.07 Å². The van der Waals surface area contributed by atoms with Gasteiger partial charge in [0.05, 0.1) is 9.79 Å². The van der Waals surface area contributed by atoms with Gasteiger partial charge >= 0.3 is 88.7 Å². The zero-order valence-corrected chi connectivity index (χ0v) is 15.0. The van der Waals surface area contributed by atoms with Crippen molar-refractivity contribution in [1.82, 2.24) is 0 Å². The Hall–Kier alpha value is 0.910. The first-order chi connectivity index (χ1) is 11.8. The van der Waals surface area contributed by atoms with Crippen molar-refractivity contribution in [3.8, 4) is 0 Å². The molecule has 0 aromatic heterocycles. The topological polar surface area (TPSA) is 163 Å². The Morgan fingerprint density at radius 3 is 1.52 bits per heavy atom. The van der Waals surface area contributed by atoms with E-state index in [-0.39, 0.29) is 105 Å². The van der Waals surface area contributed by atoms with Crippen molar-refractivity contribution in [2.24, 2.45) is 0 Å². The third kappa shape index (κ3) is 6.70. The molecule has 0 aliphatic carbocycles. The van der Waals surface area contributed by atoms with Gasteiger partial charge in [0, 0.05) is 5.39 Å². The molecule has 0 spiro atoms. The summed E-state index contributed by atoms with van der Waals surface area (Å²) in [5, 5.41) is 0.593. The Kier molecular flexibility index (Phi) is 10.6. The zero-order chi connectivity index (χ0) is 19.5. The van der Waals surface area contributed by atoms with Crippen LogP contribution in [0.15, 0.2) is 57.2 Å². The maximum atomic E-state index is 11.6. The van der Waals surface area contributed by atoms with Crippen LogP contribution < -0.4 is 0 Å². The zero-order valence-electron chi connectivity index (χ0n) is 12.6. The van der Waals surface area contributed by atoms with E-state index in [4.69, 9.17) is 4.55 Å². The van der Waals surface area contributed by atoms with Gasteiger partial charge in [0.1, 0.15) is 4.90 Å². The monoisotopic (exact) mass is 490 g/mol. The molecule has 29 heavy (non-hydrogen) atoms. The van der Waals surface area contributed by atoms with Gasteiger partial charge in [0.2, 0.25) is 0 Å². The van der Waals surface area contributed by atoms with Crippen LogP contribution in [-0.4, -0.2) is 128 Å². The maximum absolute atomic E-state index is 11.6. The molecule has 0 fully saturated rings. The molecule has 0 radical (unpaired) electrons. The van der Waals surface area contributed by atoms with E-state index < -0.39 is 45.0 Å². The summed E-state index contributed by atoms with van der Waals surface area (Å²) in [5.74, 6) is 0. The van der Waals surface area contributed by atoms with Crippen LogP contribution in [0.1, 0.15) is 0 Å². The van der Waals surface area contributed by atoms with Gasteiger partial charge in [0.25, 0.3) is 30.4 Å². The van der Waals surface area contributed by atoms with E-state index in [9.17, 15) is 34.4 Å². The van der Waals surface area contributed by atoms with Crippen molar-refractivity contribution in [2.75, 3.05) is 0 Å². The number of benzene rings is 3. The van der Waals surface area contributed by atoms with E-state index in [0.29, 0.717) is 11.5 Å². The van der Waals surface area contributed by atoms with Crippen LogP contribution in [0.5, 0.6) is 0 Å². The van der Waals surface area contributed by atoms with Gasteiger partial charge in [0.15, 0.2) is 0 Å². The minimum atomic E-state index is -4.82. The summed E-state index contributed by atoms with van der Waals surface area (Å²) in [6, 6.07) is 7.67. The van der Waals surface area contributed by atoms with Crippen molar-refractivity contribution in [2.45, 2.75) is 14.7 Å². The molecule has 3 aromatic carbocycles. The molecule has 0 heterocycles. The summed E-state index contributed by atoms with van der Waals surface area (Å²) < 4.78 is 96.1. The number of hydrogen-bond donors (Lipinski definition) is 3. The van der Waals surface area contributed by atoms with Crippen LogP contribution in [0.3, 0.4) is 0 Å². The van der Waals surface area contributed by atoms with Gasteiger partial charge in [-0.2, -0.15) is 25.3 Å². The van der Waals surface area contributed by atoms with Crippen LogP contribution in [0.4, 0.5) is 0 Å². The fraction of sp³-hybridized carbons (Fsp3) is 0. The summed E-state index contributed by atoms with van der Waals surface area (Å²) in [4.78, 5) is -1.91. The van der Waals surface area contributed by atoms with Crippen LogP contribution in [0.2, 0.25) is 0 Å². The number of hydrogen-bond acceptors (Lipinski definition) is 6.